The summed E-state index contributed by atoms with van der Waals surface area (Å²) in [7, 11) is 0. The first-order valence-electron chi connectivity index (χ1n) is 5.55. The summed E-state index contributed by atoms with van der Waals surface area (Å²) in [5.74, 6) is -0.396. The van der Waals surface area contributed by atoms with E-state index in [2.05, 4.69) is 10.3 Å². The van der Waals surface area contributed by atoms with Gasteiger partial charge >= 0.3 is 5.97 Å². The molecule has 0 aliphatic heterocycles. The molecule has 5 heteroatoms. The Bertz CT molecular complexity index is 473. The van der Waals surface area contributed by atoms with Gasteiger partial charge in [-0.2, -0.15) is 5.26 Å². The van der Waals surface area contributed by atoms with E-state index in [1.54, 1.807) is 18.2 Å². The maximum absolute atomic E-state index is 11.3. The highest BCUT2D eigenvalue weighted by molar-refractivity contribution is 5.82. The summed E-state index contributed by atoms with van der Waals surface area (Å²) in [5.41, 5.74) is -0.630. The Labute approximate surface area is 99.1 Å². The number of pyridine rings is 1. The highest BCUT2D eigenvalue weighted by atomic mass is 16.4. The van der Waals surface area contributed by atoms with E-state index in [0.29, 0.717) is 18.7 Å². The van der Waals surface area contributed by atoms with Crippen molar-refractivity contribution in [2.24, 2.45) is 0 Å². The number of aliphatic carboxylic acids is 1. The van der Waals surface area contributed by atoms with Crippen molar-refractivity contribution in [3.8, 4) is 6.07 Å². The van der Waals surface area contributed by atoms with E-state index in [0.717, 1.165) is 12.8 Å². The Balaban J connectivity index is 2.24. The van der Waals surface area contributed by atoms with Crippen LogP contribution in [0.15, 0.2) is 18.2 Å². The summed E-state index contributed by atoms with van der Waals surface area (Å²) in [6, 6.07) is 6.90. The Morgan fingerprint density at radius 1 is 1.47 bits per heavy atom. The second-order valence-corrected chi connectivity index (χ2v) is 4.24. The molecule has 1 aliphatic carbocycles. The molecule has 0 saturated heterocycles. The second kappa shape index (κ2) is 4.42. The normalized spacial score (nSPS) is 17.4. The maximum Gasteiger partial charge on any atom is 0.329 e. The highest BCUT2D eigenvalue weighted by Gasteiger charge is 2.41. The number of anilines is 1. The van der Waals surface area contributed by atoms with Gasteiger partial charge in [-0.1, -0.05) is 18.9 Å². The average Bonchev–Trinajstić information content (AvgIpc) is 2.79. The van der Waals surface area contributed by atoms with Crippen molar-refractivity contribution in [1.29, 1.82) is 5.26 Å². The van der Waals surface area contributed by atoms with Gasteiger partial charge in [0.1, 0.15) is 23.1 Å². The maximum atomic E-state index is 11.3. The number of hydrogen-bond acceptors (Lipinski definition) is 4. The van der Waals surface area contributed by atoms with Gasteiger partial charge in [-0.25, -0.2) is 9.78 Å². The SMILES string of the molecule is N#Cc1cccc(NC2(C(=O)O)CCCC2)n1. The molecule has 0 bridgehead atoms. The molecule has 2 rings (SSSR count). The fourth-order valence-electron chi connectivity index (χ4n) is 2.18. The van der Waals surface area contributed by atoms with E-state index in [1.807, 2.05) is 6.07 Å². The van der Waals surface area contributed by atoms with Crippen molar-refractivity contribution in [2.75, 3.05) is 5.32 Å². The summed E-state index contributed by atoms with van der Waals surface area (Å²) >= 11 is 0. The monoisotopic (exact) mass is 231 g/mol. The lowest BCUT2D eigenvalue weighted by atomic mass is 9.98. The molecule has 1 heterocycles. The molecule has 2 N–H and O–H groups in total. The molecule has 88 valence electrons. The van der Waals surface area contributed by atoms with Gasteiger partial charge < -0.3 is 10.4 Å². The molecule has 17 heavy (non-hydrogen) atoms. The molecule has 0 amide bonds. The summed E-state index contributed by atoms with van der Waals surface area (Å²) in [6.45, 7) is 0. The van der Waals surface area contributed by atoms with E-state index in [9.17, 15) is 9.90 Å². The molecule has 0 atom stereocenters. The number of nitrogens with one attached hydrogen (secondary N) is 1. The van der Waals surface area contributed by atoms with Crippen molar-refractivity contribution in [2.45, 2.75) is 31.2 Å². The lowest BCUT2D eigenvalue weighted by Gasteiger charge is -2.25. The largest absolute Gasteiger partial charge is 0.480 e. The molecule has 5 nitrogen and oxygen atoms in total. The van der Waals surface area contributed by atoms with E-state index >= 15 is 0 Å². The zero-order valence-electron chi connectivity index (χ0n) is 9.31. The minimum atomic E-state index is -0.916. The van der Waals surface area contributed by atoms with Crippen LogP contribution in [-0.4, -0.2) is 21.6 Å². The standard InChI is InChI=1S/C12H13N3O2/c13-8-9-4-3-5-10(14-9)15-12(11(16)17)6-1-2-7-12/h3-5H,1-2,6-7H2,(H,14,15)(H,16,17). The molecule has 0 aromatic carbocycles. The smallest absolute Gasteiger partial charge is 0.329 e. The third-order valence-electron chi connectivity index (χ3n) is 3.10. The zero-order valence-corrected chi connectivity index (χ0v) is 9.31. The Kier molecular flexibility index (Phi) is 2.96. The van der Waals surface area contributed by atoms with Crippen LogP contribution in [0.1, 0.15) is 31.4 Å². The van der Waals surface area contributed by atoms with Gasteiger partial charge in [0.25, 0.3) is 0 Å². The third kappa shape index (κ3) is 2.21. The number of rotatable bonds is 3. The molecular formula is C12H13N3O2. The van der Waals surface area contributed by atoms with Gasteiger partial charge in [0.05, 0.1) is 0 Å². The van der Waals surface area contributed by atoms with Gasteiger partial charge in [0, 0.05) is 0 Å². The number of carboxylic acids is 1. The van der Waals surface area contributed by atoms with Crippen LogP contribution in [0.25, 0.3) is 0 Å². The minimum absolute atomic E-state index is 0.286. The van der Waals surface area contributed by atoms with E-state index in [-0.39, 0.29) is 5.69 Å². The average molecular weight is 231 g/mol. The summed E-state index contributed by atoms with van der Waals surface area (Å²) in [5, 5.41) is 21.0. The number of aromatic nitrogens is 1. The molecule has 1 aromatic heterocycles. The quantitative estimate of drug-likeness (QED) is 0.827. The Morgan fingerprint density at radius 3 is 2.76 bits per heavy atom. The number of nitrogens with zero attached hydrogens (tertiary/aromatic N) is 2. The molecule has 0 unspecified atom stereocenters. The molecule has 1 aromatic rings. The molecular weight excluding hydrogens is 218 g/mol. The minimum Gasteiger partial charge on any atom is -0.480 e. The fraction of sp³-hybridized carbons (Fsp3) is 0.417. The number of carboxylic acid groups (broad SMARTS) is 1. The van der Waals surface area contributed by atoms with Crippen molar-refractivity contribution >= 4 is 11.8 Å². The zero-order chi connectivity index (χ0) is 12.3. The summed E-state index contributed by atoms with van der Waals surface area (Å²) in [4.78, 5) is 15.4. The summed E-state index contributed by atoms with van der Waals surface area (Å²) < 4.78 is 0. The van der Waals surface area contributed by atoms with Crippen LogP contribution in [0.2, 0.25) is 0 Å². The predicted molar refractivity (Wildman–Crippen MR) is 61.4 cm³/mol. The van der Waals surface area contributed by atoms with Gasteiger partial charge in [0.15, 0.2) is 0 Å². The highest BCUT2D eigenvalue weighted by Crippen LogP contribution is 2.32. The molecule has 0 spiro atoms. The summed E-state index contributed by atoms with van der Waals surface area (Å²) in [6.07, 6.45) is 3.00. The van der Waals surface area contributed by atoms with E-state index < -0.39 is 11.5 Å². The van der Waals surface area contributed by atoms with Crippen LogP contribution < -0.4 is 5.32 Å². The van der Waals surface area contributed by atoms with Gasteiger partial charge in [0.2, 0.25) is 0 Å². The first-order chi connectivity index (χ1) is 8.16. The fourth-order valence-corrected chi connectivity index (χ4v) is 2.18. The van der Waals surface area contributed by atoms with E-state index in [4.69, 9.17) is 5.26 Å². The number of carbonyl (C=O) groups is 1. The predicted octanol–water partition coefficient (Wildman–Crippen LogP) is 1.76. The van der Waals surface area contributed by atoms with Crippen LogP contribution in [-0.2, 0) is 4.79 Å². The topological polar surface area (TPSA) is 86.0 Å². The van der Waals surface area contributed by atoms with Crippen molar-refractivity contribution in [3.63, 3.8) is 0 Å². The van der Waals surface area contributed by atoms with Crippen molar-refractivity contribution < 1.29 is 9.90 Å². The second-order valence-electron chi connectivity index (χ2n) is 4.24. The van der Waals surface area contributed by atoms with Gasteiger partial charge in [-0.15, -0.1) is 0 Å². The number of nitriles is 1. The molecule has 1 fully saturated rings. The van der Waals surface area contributed by atoms with Crippen LogP contribution in [0, 0.1) is 11.3 Å². The van der Waals surface area contributed by atoms with Gasteiger partial charge in [-0.05, 0) is 25.0 Å². The van der Waals surface area contributed by atoms with Crippen LogP contribution in [0.5, 0.6) is 0 Å². The molecule has 0 radical (unpaired) electrons. The molecule has 1 aliphatic rings. The lowest BCUT2D eigenvalue weighted by Crippen LogP contribution is -2.43. The van der Waals surface area contributed by atoms with Crippen LogP contribution in [0.3, 0.4) is 0 Å². The first-order valence-corrected chi connectivity index (χ1v) is 5.55. The number of hydrogen-bond donors (Lipinski definition) is 2. The lowest BCUT2D eigenvalue weighted by molar-refractivity contribution is -0.142. The third-order valence-corrected chi connectivity index (χ3v) is 3.10. The Morgan fingerprint density at radius 2 is 2.18 bits per heavy atom. The van der Waals surface area contributed by atoms with Crippen molar-refractivity contribution in [3.05, 3.63) is 23.9 Å². The first kappa shape index (κ1) is 11.4. The van der Waals surface area contributed by atoms with Crippen molar-refractivity contribution in [1.82, 2.24) is 4.98 Å². The van der Waals surface area contributed by atoms with Crippen LogP contribution >= 0.6 is 0 Å². The van der Waals surface area contributed by atoms with Crippen LogP contribution in [0.4, 0.5) is 5.82 Å². The Hall–Kier alpha value is -2.09. The van der Waals surface area contributed by atoms with E-state index in [1.165, 1.54) is 0 Å². The molecule has 1 saturated carbocycles. The van der Waals surface area contributed by atoms with Gasteiger partial charge in [-0.3, -0.25) is 0 Å².